The molecular weight excluding hydrogens is 516 g/mol. The fourth-order valence-electron chi connectivity index (χ4n) is 5.10. The minimum absolute atomic E-state index is 0.143. The van der Waals surface area contributed by atoms with Crippen LogP contribution in [-0.2, 0) is 14.3 Å². The molecule has 3 rings (SSSR count). The van der Waals surface area contributed by atoms with Crippen LogP contribution >= 0.6 is 0 Å². The molecule has 6 nitrogen and oxygen atoms in total. The first-order chi connectivity index (χ1) is 19.5. The summed E-state index contributed by atoms with van der Waals surface area (Å²) >= 11 is 0. The van der Waals surface area contributed by atoms with Crippen molar-refractivity contribution in [1.29, 1.82) is 0 Å². The van der Waals surface area contributed by atoms with Crippen LogP contribution < -0.4 is 9.47 Å². The Kier molecular flexibility index (Phi) is 11.7. The summed E-state index contributed by atoms with van der Waals surface area (Å²) in [6.45, 7) is 11.7. The van der Waals surface area contributed by atoms with Crippen molar-refractivity contribution in [3.63, 3.8) is 0 Å². The third-order valence-electron chi connectivity index (χ3n) is 7.21. The Morgan fingerprint density at radius 2 is 1.44 bits per heavy atom. The largest absolute Gasteiger partial charge is 0.508 e. The number of methoxy groups -OCH3 is 1. The number of ether oxygens (including phenoxy) is 4. The van der Waals surface area contributed by atoms with E-state index in [1.807, 2.05) is 70.2 Å². The number of phenolic OH excluding ortho intramolecular Hbond substituents is 1. The van der Waals surface area contributed by atoms with Gasteiger partial charge >= 0.3 is 5.97 Å². The van der Waals surface area contributed by atoms with Gasteiger partial charge in [-0.3, -0.25) is 0 Å². The summed E-state index contributed by atoms with van der Waals surface area (Å²) in [7, 11) is 1.63. The van der Waals surface area contributed by atoms with Gasteiger partial charge in [0.05, 0.1) is 0 Å². The maximum Gasteiger partial charge on any atom is 0.344 e. The van der Waals surface area contributed by atoms with Gasteiger partial charge in [-0.2, -0.15) is 0 Å². The van der Waals surface area contributed by atoms with Crippen molar-refractivity contribution in [3.8, 4) is 17.2 Å². The average molecular weight is 563 g/mol. The minimum atomic E-state index is -0.561. The highest BCUT2D eigenvalue weighted by molar-refractivity contribution is 5.71. The quantitative estimate of drug-likeness (QED) is 0.157. The molecule has 0 aliphatic carbocycles. The molecule has 0 heterocycles. The number of rotatable bonds is 14. The maximum atomic E-state index is 12.2. The summed E-state index contributed by atoms with van der Waals surface area (Å²) in [5.74, 6) is 2.02. The molecule has 0 aliphatic rings. The molecule has 3 aromatic carbocycles. The molecule has 0 radical (unpaired) electrons. The molecule has 6 heteroatoms. The monoisotopic (exact) mass is 562 g/mol. The van der Waals surface area contributed by atoms with Crippen LogP contribution in [0.3, 0.4) is 0 Å². The summed E-state index contributed by atoms with van der Waals surface area (Å²) in [6.07, 6.45) is 2.41. The Bertz CT molecular complexity index is 1250. The van der Waals surface area contributed by atoms with Gasteiger partial charge in [0.1, 0.15) is 22.8 Å². The number of esters is 1. The van der Waals surface area contributed by atoms with E-state index in [2.05, 4.69) is 38.1 Å². The molecular formula is C35H46O6. The molecule has 4 atom stereocenters. The molecule has 4 unspecified atom stereocenters. The average Bonchev–Trinajstić information content (AvgIpc) is 2.93. The lowest BCUT2D eigenvalue weighted by molar-refractivity contribution is -0.157. The van der Waals surface area contributed by atoms with Gasteiger partial charge in [0, 0.05) is 7.11 Å². The fraction of sp³-hybridized carbons (Fsp3) is 0.457. The molecule has 0 aliphatic heterocycles. The highest BCUT2D eigenvalue weighted by Crippen LogP contribution is 2.40. The van der Waals surface area contributed by atoms with E-state index in [0.717, 1.165) is 36.1 Å². The van der Waals surface area contributed by atoms with Gasteiger partial charge in [0.25, 0.3) is 0 Å². The van der Waals surface area contributed by atoms with Crippen molar-refractivity contribution in [2.45, 2.75) is 90.4 Å². The highest BCUT2D eigenvalue weighted by atomic mass is 16.7. The van der Waals surface area contributed by atoms with Gasteiger partial charge in [-0.05, 0) is 118 Å². The molecule has 0 fully saturated rings. The summed E-state index contributed by atoms with van der Waals surface area (Å²) in [5.41, 5.74) is 2.91. The zero-order valence-corrected chi connectivity index (χ0v) is 25.6. The molecule has 222 valence electrons. The Morgan fingerprint density at radius 1 is 0.829 bits per heavy atom. The molecule has 0 saturated heterocycles. The van der Waals surface area contributed by atoms with Gasteiger partial charge < -0.3 is 24.1 Å². The molecule has 0 aromatic heterocycles. The van der Waals surface area contributed by atoms with Gasteiger partial charge in [0.2, 0.25) is 0 Å². The van der Waals surface area contributed by atoms with E-state index < -0.39 is 11.6 Å². The third kappa shape index (κ3) is 10.4. The van der Waals surface area contributed by atoms with Crippen molar-refractivity contribution in [2.24, 2.45) is 0 Å². The van der Waals surface area contributed by atoms with Gasteiger partial charge in [-0.25, -0.2) is 4.79 Å². The Morgan fingerprint density at radius 3 is 2.07 bits per heavy atom. The molecule has 0 bridgehead atoms. The maximum absolute atomic E-state index is 12.2. The number of carbonyl (C=O) groups is 1. The number of phenols is 1. The van der Waals surface area contributed by atoms with Crippen LogP contribution in [0.5, 0.6) is 17.2 Å². The number of carbonyl (C=O) groups excluding carboxylic acids is 1. The van der Waals surface area contributed by atoms with Crippen LogP contribution in [0.1, 0.15) is 95.2 Å². The van der Waals surface area contributed by atoms with E-state index in [9.17, 15) is 9.90 Å². The summed E-state index contributed by atoms with van der Waals surface area (Å²) in [4.78, 5) is 12.2. The molecule has 41 heavy (non-hydrogen) atoms. The summed E-state index contributed by atoms with van der Waals surface area (Å²) < 4.78 is 22.4. The second-order valence-corrected chi connectivity index (χ2v) is 11.7. The number of aromatic hydroxyl groups is 1. The summed E-state index contributed by atoms with van der Waals surface area (Å²) in [6, 6.07) is 23.8. The topological polar surface area (TPSA) is 74.2 Å². The van der Waals surface area contributed by atoms with E-state index in [1.54, 1.807) is 13.2 Å². The Labute approximate surface area is 245 Å². The van der Waals surface area contributed by atoms with E-state index in [-0.39, 0.29) is 36.4 Å². The molecule has 3 aromatic rings. The third-order valence-corrected chi connectivity index (χ3v) is 7.21. The standard InChI is InChI=1S/C35H46O6/c1-8-26(28-13-9-15-31(36)20-28)19-30(18-24(2)27-12-10-17-33(21-27)40-25(3)38-7)29-14-11-16-32(22-29)39-23-34(37)41-35(4,5)6/h9-17,20-22,24-26,30,36H,8,18-19,23H2,1-7H3. The van der Waals surface area contributed by atoms with Crippen LogP contribution in [0.15, 0.2) is 72.8 Å². The fourth-order valence-corrected chi connectivity index (χ4v) is 5.10. The van der Waals surface area contributed by atoms with E-state index in [4.69, 9.17) is 18.9 Å². The Hall–Kier alpha value is -3.51. The zero-order valence-electron chi connectivity index (χ0n) is 25.6. The second-order valence-electron chi connectivity index (χ2n) is 11.7. The van der Waals surface area contributed by atoms with Crippen LogP contribution in [0.25, 0.3) is 0 Å². The second kappa shape index (κ2) is 14.9. The van der Waals surface area contributed by atoms with Crippen LogP contribution in [0, 0.1) is 0 Å². The van der Waals surface area contributed by atoms with E-state index >= 15 is 0 Å². The normalized spacial score (nSPS) is 14.5. The summed E-state index contributed by atoms with van der Waals surface area (Å²) in [5, 5.41) is 10.1. The number of hydrogen-bond donors (Lipinski definition) is 1. The molecule has 1 N–H and O–H groups in total. The smallest absolute Gasteiger partial charge is 0.344 e. The minimum Gasteiger partial charge on any atom is -0.508 e. The number of hydrogen-bond acceptors (Lipinski definition) is 6. The number of benzene rings is 3. The lowest BCUT2D eigenvalue weighted by Crippen LogP contribution is -2.27. The van der Waals surface area contributed by atoms with Crippen molar-refractivity contribution in [1.82, 2.24) is 0 Å². The lowest BCUT2D eigenvalue weighted by atomic mass is 9.78. The first kappa shape index (κ1) is 32.0. The predicted octanol–water partition coefficient (Wildman–Crippen LogP) is 8.35. The predicted molar refractivity (Wildman–Crippen MR) is 163 cm³/mol. The van der Waals surface area contributed by atoms with Crippen LogP contribution in [0.2, 0.25) is 0 Å². The van der Waals surface area contributed by atoms with Gasteiger partial charge in [-0.1, -0.05) is 50.2 Å². The Balaban J connectivity index is 1.86. The van der Waals surface area contributed by atoms with Crippen LogP contribution in [-0.4, -0.2) is 36.7 Å². The van der Waals surface area contributed by atoms with Crippen molar-refractivity contribution in [3.05, 3.63) is 89.5 Å². The van der Waals surface area contributed by atoms with Crippen LogP contribution in [0.4, 0.5) is 0 Å². The first-order valence-corrected chi connectivity index (χ1v) is 14.5. The van der Waals surface area contributed by atoms with Gasteiger partial charge in [-0.15, -0.1) is 0 Å². The van der Waals surface area contributed by atoms with E-state index in [1.165, 1.54) is 5.56 Å². The SMILES string of the molecule is CCC(CC(CC(C)c1cccc(OC(C)OC)c1)c1cccc(OCC(=O)OC(C)(C)C)c1)c1cccc(O)c1. The highest BCUT2D eigenvalue weighted by Gasteiger charge is 2.23. The van der Waals surface area contributed by atoms with Gasteiger partial charge in [0.15, 0.2) is 12.9 Å². The molecule has 0 saturated carbocycles. The lowest BCUT2D eigenvalue weighted by Gasteiger charge is -2.27. The first-order valence-electron chi connectivity index (χ1n) is 14.5. The van der Waals surface area contributed by atoms with Crippen molar-refractivity contribution < 1.29 is 28.8 Å². The van der Waals surface area contributed by atoms with Crippen molar-refractivity contribution >= 4 is 5.97 Å². The molecule has 0 spiro atoms. The van der Waals surface area contributed by atoms with E-state index in [0.29, 0.717) is 5.75 Å². The van der Waals surface area contributed by atoms with Crippen molar-refractivity contribution in [2.75, 3.05) is 13.7 Å². The zero-order chi connectivity index (χ0) is 30.0. The molecule has 0 amide bonds.